The van der Waals surface area contributed by atoms with Gasteiger partial charge in [0.25, 0.3) is 0 Å². The zero-order valence-electron chi connectivity index (χ0n) is 13.4. The van der Waals surface area contributed by atoms with E-state index in [0.29, 0.717) is 5.92 Å². The molecule has 0 bridgehead atoms. The Balaban J connectivity index is 1.42. The number of hydrogen-bond donors (Lipinski definition) is 1. The van der Waals surface area contributed by atoms with Crippen molar-refractivity contribution in [1.29, 1.82) is 0 Å². The number of furan rings is 1. The molecule has 2 aromatic rings. The first-order valence-corrected chi connectivity index (χ1v) is 8.50. The van der Waals surface area contributed by atoms with Crippen molar-refractivity contribution in [2.24, 2.45) is 5.92 Å². The molecule has 0 aromatic carbocycles. The van der Waals surface area contributed by atoms with Crippen LogP contribution >= 0.6 is 0 Å². The second kappa shape index (κ2) is 5.54. The van der Waals surface area contributed by atoms with E-state index < -0.39 is 0 Å². The summed E-state index contributed by atoms with van der Waals surface area (Å²) in [7, 11) is 0. The van der Waals surface area contributed by atoms with Crippen molar-refractivity contribution in [3.8, 4) is 0 Å². The molecular formula is C17H24N4O. The molecule has 0 radical (unpaired) electrons. The first kappa shape index (κ1) is 14.0. The summed E-state index contributed by atoms with van der Waals surface area (Å²) in [5.41, 5.74) is 0. The highest BCUT2D eigenvalue weighted by Gasteiger charge is 2.36. The molecule has 118 valence electrons. The summed E-state index contributed by atoms with van der Waals surface area (Å²) in [5.74, 6) is 5.66. The van der Waals surface area contributed by atoms with Crippen LogP contribution in [0.3, 0.4) is 0 Å². The fraction of sp³-hybridized carbons (Fsp3) is 0.647. The minimum atomic E-state index is 0.287. The standard InChI is InChI=1S/C17H24N4O/c1-3-16-19-17-14(5-4-8-21(17)20-16)18-10-12-6-7-15(22-12)13-9-11(13)2/h6-7,11,13-14,18H,3-5,8-10H2,1-2H3. The number of aryl methyl sites for hydroxylation is 2. The fourth-order valence-electron chi connectivity index (χ4n) is 3.37. The van der Waals surface area contributed by atoms with Gasteiger partial charge in [-0.2, -0.15) is 5.10 Å². The third-order valence-electron chi connectivity index (χ3n) is 4.91. The number of rotatable bonds is 5. The van der Waals surface area contributed by atoms with Crippen molar-refractivity contribution in [3.63, 3.8) is 0 Å². The number of hydrogen-bond acceptors (Lipinski definition) is 4. The Hall–Kier alpha value is -1.62. The van der Waals surface area contributed by atoms with Gasteiger partial charge in [0.1, 0.15) is 17.3 Å². The van der Waals surface area contributed by atoms with E-state index in [1.165, 1.54) is 6.42 Å². The molecule has 0 amide bonds. The molecule has 5 heteroatoms. The lowest BCUT2D eigenvalue weighted by Gasteiger charge is -2.22. The first-order valence-electron chi connectivity index (χ1n) is 8.50. The van der Waals surface area contributed by atoms with Crippen LogP contribution < -0.4 is 5.32 Å². The molecule has 5 nitrogen and oxygen atoms in total. The van der Waals surface area contributed by atoms with E-state index in [1.807, 2.05) is 0 Å². The number of nitrogens with zero attached hydrogens (tertiary/aromatic N) is 3. The number of nitrogens with one attached hydrogen (secondary N) is 1. The van der Waals surface area contributed by atoms with Gasteiger partial charge in [0, 0.05) is 18.9 Å². The second-order valence-corrected chi connectivity index (χ2v) is 6.66. The third-order valence-corrected chi connectivity index (χ3v) is 4.91. The molecule has 1 aliphatic carbocycles. The zero-order valence-corrected chi connectivity index (χ0v) is 13.4. The van der Waals surface area contributed by atoms with Crippen LogP contribution in [0.1, 0.15) is 68.2 Å². The average Bonchev–Trinajstić information content (AvgIpc) is 2.95. The van der Waals surface area contributed by atoms with Crippen LogP contribution in [0.15, 0.2) is 16.5 Å². The Bertz CT molecular complexity index is 659. The van der Waals surface area contributed by atoms with Gasteiger partial charge in [-0.15, -0.1) is 0 Å². The van der Waals surface area contributed by atoms with Gasteiger partial charge in [0.15, 0.2) is 5.82 Å². The van der Waals surface area contributed by atoms with Crippen molar-refractivity contribution >= 4 is 0 Å². The van der Waals surface area contributed by atoms with Gasteiger partial charge in [-0.3, -0.25) is 0 Å². The molecule has 2 aliphatic rings. The van der Waals surface area contributed by atoms with Gasteiger partial charge < -0.3 is 9.73 Å². The average molecular weight is 300 g/mol. The number of aromatic nitrogens is 3. The Morgan fingerprint density at radius 1 is 1.41 bits per heavy atom. The highest BCUT2D eigenvalue weighted by atomic mass is 16.3. The SMILES string of the molecule is CCc1nc2n(n1)CCCC2NCc1ccc(C2CC2C)o1. The predicted octanol–water partition coefficient (Wildman–Crippen LogP) is 3.18. The number of fused-ring (bicyclic) bond motifs is 1. The molecule has 1 N–H and O–H groups in total. The highest BCUT2D eigenvalue weighted by Crippen LogP contribution is 2.47. The topological polar surface area (TPSA) is 55.9 Å². The van der Waals surface area contributed by atoms with E-state index >= 15 is 0 Å². The van der Waals surface area contributed by atoms with E-state index in [4.69, 9.17) is 4.42 Å². The lowest BCUT2D eigenvalue weighted by Crippen LogP contribution is -2.28. The molecule has 3 unspecified atom stereocenters. The van der Waals surface area contributed by atoms with E-state index in [0.717, 1.165) is 61.4 Å². The lowest BCUT2D eigenvalue weighted by atomic mass is 10.1. The van der Waals surface area contributed by atoms with Crippen LogP contribution in [0.25, 0.3) is 0 Å². The largest absolute Gasteiger partial charge is 0.464 e. The van der Waals surface area contributed by atoms with Crippen molar-refractivity contribution in [2.45, 2.75) is 64.6 Å². The minimum absolute atomic E-state index is 0.287. The van der Waals surface area contributed by atoms with Crippen LogP contribution in [0.4, 0.5) is 0 Å². The van der Waals surface area contributed by atoms with Crippen LogP contribution in [0.5, 0.6) is 0 Å². The first-order chi connectivity index (χ1) is 10.7. The van der Waals surface area contributed by atoms with Crippen LogP contribution in [-0.2, 0) is 19.5 Å². The van der Waals surface area contributed by atoms with Crippen LogP contribution in [0.2, 0.25) is 0 Å². The smallest absolute Gasteiger partial charge is 0.150 e. The molecular weight excluding hydrogens is 276 g/mol. The van der Waals surface area contributed by atoms with Gasteiger partial charge >= 0.3 is 0 Å². The van der Waals surface area contributed by atoms with Crippen LogP contribution in [0, 0.1) is 5.92 Å². The molecule has 4 rings (SSSR count). The van der Waals surface area contributed by atoms with Gasteiger partial charge in [0.2, 0.25) is 0 Å². The highest BCUT2D eigenvalue weighted by molar-refractivity contribution is 5.17. The summed E-state index contributed by atoms with van der Waals surface area (Å²) >= 11 is 0. The molecule has 1 fully saturated rings. The van der Waals surface area contributed by atoms with Crippen molar-refractivity contribution in [2.75, 3.05) is 0 Å². The Morgan fingerprint density at radius 2 is 2.27 bits per heavy atom. The second-order valence-electron chi connectivity index (χ2n) is 6.66. The van der Waals surface area contributed by atoms with E-state index in [9.17, 15) is 0 Å². The Labute approximate surface area is 131 Å². The Morgan fingerprint density at radius 3 is 3.05 bits per heavy atom. The lowest BCUT2D eigenvalue weighted by molar-refractivity contribution is 0.349. The molecule has 3 heterocycles. The Kier molecular flexibility index (Phi) is 3.53. The van der Waals surface area contributed by atoms with Crippen molar-refractivity contribution < 1.29 is 4.42 Å². The monoisotopic (exact) mass is 300 g/mol. The summed E-state index contributed by atoms with van der Waals surface area (Å²) < 4.78 is 8.05. The summed E-state index contributed by atoms with van der Waals surface area (Å²) in [6.07, 6.45) is 4.44. The zero-order chi connectivity index (χ0) is 15.1. The maximum absolute atomic E-state index is 5.98. The fourth-order valence-corrected chi connectivity index (χ4v) is 3.37. The molecule has 2 aromatic heterocycles. The molecule has 0 saturated heterocycles. The molecule has 0 spiro atoms. The van der Waals surface area contributed by atoms with Crippen molar-refractivity contribution in [1.82, 2.24) is 20.1 Å². The molecule has 3 atom stereocenters. The van der Waals surface area contributed by atoms with E-state index in [1.54, 1.807) is 0 Å². The van der Waals surface area contributed by atoms with E-state index in [-0.39, 0.29) is 6.04 Å². The maximum Gasteiger partial charge on any atom is 0.150 e. The summed E-state index contributed by atoms with van der Waals surface area (Å²) in [4.78, 5) is 4.68. The van der Waals surface area contributed by atoms with Crippen molar-refractivity contribution in [3.05, 3.63) is 35.3 Å². The third kappa shape index (κ3) is 2.58. The van der Waals surface area contributed by atoms with Gasteiger partial charge in [0.05, 0.1) is 12.6 Å². The quantitative estimate of drug-likeness (QED) is 0.921. The summed E-state index contributed by atoms with van der Waals surface area (Å²) in [5, 5.41) is 8.16. The van der Waals surface area contributed by atoms with Crippen LogP contribution in [-0.4, -0.2) is 14.8 Å². The molecule has 1 saturated carbocycles. The van der Waals surface area contributed by atoms with Gasteiger partial charge in [-0.1, -0.05) is 13.8 Å². The molecule has 22 heavy (non-hydrogen) atoms. The van der Waals surface area contributed by atoms with Gasteiger partial charge in [-0.05, 0) is 37.3 Å². The van der Waals surface area contributed by atoms with Gasteiger partial charge in [-0.25, -0.2) is 9.67 Å². The molecule has 1 aliphatic heterocycles. The van der Waals surface area contributed by atoms with E-state index in [2.05, 4.69) is 46.1 Å². The normalized spacial score (nSPS) is 26.9. The predicted molar refractivity (Wildman–Crippen MR) is 83.4 cm³/mol. The summed E-state index contributed by atoms with van der Waals surface area (Å²) in [6, 6.07) is 4.54. The summed E-state index contributed by atoms with van der Waals surface area (Å²) in [6.45, 7) is 6.14. The maximum atomic E-state index is 5.98. The minimum Gasteiger partial charge on any atom is -0.464 e.